The predicted molar refractivity (Wildman–Crippen MR) is 101 cm³/mol. The molecule has 27 heavy (non-hydrogen) atoms. The van der Waals surface area contributed by atoms with Crippen LogP contribution in [0.3, 0.4) is 0 Å². The summed E-state index contributed by atoms with van der Waals surface area (Å²) < 4.78 is 11.0. The first-order chi connectivity index (χ1) is 13.0. The zero-order chi connectivity index (χ0) is 19.4. The summed E-state index contributed by atoms with van der Waals surface area (Å²) in [5, 5.41) is 23.0. The molecule has 0 aromatic heterocycles. The van der Waals surface area contributed by atoms with Crippen LogP contribution in [0.4, 0.5) is 0 Å². The van der Waals surface area contributed by atoms with Crippen molar-refractivity contribution < 1.29 is 24.5 Å². The Hall–Kier alpha value is -1.67. The van der Waals surface area contributed by atoms with E-state index in [2.05, 4.69) is 17.1 Å². The fraction of sp³-hybridized carbons (Fsp3) is 0.650. The summed E-state index contributed by atoms with van der Waals surface area (Å²) in [4.78, 5) is 14.7. The topological polar surface area (TPSA) is 91.3 Å². The molecule has 2 aliphatic heterocycles. The van der Waals surface area contributed by atoms with Crippen LogP contribution in [0, 0.1) is 5.92 Å². The molecule has 0 spiro atoms. The monoisotopic (exact) mass is 378 g/mol. The first-order valence-corrected chi connectivity index (χ1v) is 9.64. The number of hydrogen-bond acceptors (Lipinski definition) is 6. The lowest BCUT2D eigenvalue weighted by Crippen LogP contribution is -2.53. The molecule has 2 heterocycles. The van der Waals surface area contributed by atoms with E-state index in [4.69, 9.17) is 9.47 Å². The van der Waals surface area contributed by atoms with E-state index in [1.807, 2.05) is 0 Å². The zero-order valence-electron chi connectivity index (χ0n) is 16.0. The van der Waals surface area contributed by atoms with Crippen LogP contribution in [0.5, 0.6) is 5.75 Å². The van der Waals surface area contributed by atoms with Gasteiger partial charge in [-0.05, 0) is 56.1 Å². The van der Waals surface area contributed by atoms with Crippen LogP contribution < -0.4 is 10.1 Å². The molecular formula is C20H30N2O5. The number of nitrogens with zero attached hydrogens (tertiary/aromatic N) is 1. The molecule has 0 unspecified atom stereocenters. The Morgan fingerprint density at radius 3 is 2.52 bits per heavy atom. The van der Waals surface area contributed by atoms with E-state index in [0.29, 0.717) is 17.2 Å². The van der Waals surface area contributed by atoms with Crippen molar-refractivity contribution in [2.75, 3.05) is 33.4 Å². The first kappa shape index (κ1) is 20.1. The number of ether oxygens (including phenoxy) is 2. The second-order valence-electron chi connectivity index (χ2n) is 7.53. The normalized spacial score (nSPS) is 29.6. The largest absolute Gasteiger partial charge is 0.497 e. The first-order valence-electron chi connectivity index (χ1n) is 9.64. The number of methoxy groups -OCH3 is 1. The van der Waals surface area contributed by atoms with Gasteiger partial charge >= 0.3 is 0 Å². The Morgan fingerprint density at radius 1 is 1.26 bits per heavy atom. The van der Waals surface area contributed by atoms with Gasteiger partial charge in [0, 0.05) is 12.1 Å². The number of rotatable bonds is 6. The van der Waals surface area contributed by atoms with Gasteiger partial charge in [0.2, 0.25) is 0 Å². The van der Waals surface area contributed by atoms with Crippen LogP contribution in [0.1, 0.15) is 30.1 Å². The standard InChI is InChI=1S/C20H30N2O5/c1-13-7-9-22(10-8-13)18-16(27-17(12-23)19(18)24)11-21-20(25)14-3-5-15(26-2)6-4-14/h3-6,13,16-19,23-24H,7-12H2,1-2H3,(H,21,25)/t16-,17+,18-,19-/m1/s1. The van der Waals surface area contributed by atoms with Gasteiger partial charge in [-0.3, -0.25) is 9.69 Å². The number of carbonyl (C=O) groups excluding carboxylic acids is 1. The summed E-state index contributed by atoms with van der Waals surface area (Å²) in [7, 11) is 1.58. The Bertz CT molecular complexity index is 615. The van der Waals surface area contributed by atoms with Crippen molar-refractivity contribution in [3.63, 3.8) is 0 Å². The fourth-order valence-corrected chi connectivity index (χ4v) is 3.96. The third kappa shape index (κ3) is 4.60. The van der Waals surface area contributed by atoms with Crippen molar-refractivity contribution in [2.45, 2.75) is 44.1 Å². The summed E-state index contributed by atoms with van der Waals surface area (Å²) in [6.45, 7) is 4.09. The molecule has 2 saturated heterocycles. The molecule has 2 aliphatic rings. The van der Waals surface area contributed by atoms with Crippen LogP contribution in [0.25, 0.3) is 0 Å². The van der Waals surface area contributed by atoms with Gasteiger partial charge in [-0.25, -0.2) is 0 Å². The predicted octanol–water partition coefficient (Wildman–Crippen LogP) is 0.646. The van der Waals surface area contributed by atoms with E-state index in [0.717, 1.165) is 25.9 Å². The van der Waals surface area contributed by atoms with Crippen molar-refractivity contribution in [3.05, 3.63) is 29.8 Å². The number of carbonyl (C=O) groups is 1. The number of amides is 1. The number of piperidine rings is 1. The maximum atomic E-state index is 12.4. The smallest absolute Gasteiger partial charge is 0.251 e. The highest BCUT2D eigenvalue weighted by Crippen LogP contribution is 2.29. The minimum Gasteiger partial charge on any atom is -0.497 e. The van der Waals surface area contributed by atoms with Gasteiger partial charge in [-0.1, -0.05) is 6.92 Å². The molecule has 0 saturated carbocycles. The lowest BCUT2D eigenvalue weighted by Gasteiger charge is -2.38. The number of nitrogens with one attached hydrogen (secondary N) is 1. The molecule has 4 atom stereocenters. The van der Waals surface area contributed by atoms with E-state index in [1.165, 1.54) is 0 Å². The molecule has 0 radical (unpaired) electrons. The molecule has 150 valence electrons. The molecule has 1 aromatic carbocycles. The number of likely N-dealkylation sites (tertiary alicyclic amines) is 1. The molecule has 3 rings (SSSR count). The minimum absolute atomic E-state index is 0.200. The Morgan fingerprint density at radius 2 is 1.93 bits per heavy atom. The molecular weight excluding hydrogens is 348 g/mol. The van der Waals surface area contributed by atoms with Gasteiger partial charge < -0.3 is 25.0 Å². The number of aliphatic hydroxyl groups excluding tert-OH is 2. The second kappa shape index (κ2) is 9.01. The summed E-state index contributed by atoms with van der Waals surface area (Å²) in [6, 6.07) is 6.68. The van der Waals surface area contributed by atoms with Gasteiger partial charge in [-0.2, -0.15) is 0 Å². The number of benzene rings is 1. The van der Waals surface area contributed by atoms with E-state index in [-0.39, 0.29) is 31.2 Å². The van der Waals surface area contributed by atoms with Crippen molar-refractivity contribution in [3.8, 4) is 5.75 Å². The maximum Gasteiger partial charge on any atom is 0.251 e. The number of aliphatic hydroxyl groups is 2. The Balaban J connectivity index is 1.62. The second-order valence-corrected chi connectivity index (χ2v) is 7.53. The van der Waals surface area contributed by atoms with Crippen LogP contribution in [0.2, 0.25) is 0 Å². The van der Waals surface area contributed by atoms with E-state index >= 15 is 0 Å². The van der Waals surface area contributed by atoms with Crippen LogP contribution in [0.15, 0.2) is 24.3 Å². The van der Waals surface area contributed by atoms with Crippen molar-refractivity contribution in [2.24, 2.45) is 5.92 Å². The highest BCUT2D eigenvalue weighted by Gasteiger charge is 2.46. The zero-order valence-corrected chi connectivity index (χ0v) is 16.0. The average Bonchev–Trinajstić information content (AvgIpc) is 3.02. The molecule has 1 amide bonds. The van der Waals surface area contributed by atoms with Gasteiger partial charge in [0.1, 0.15) is 18.0 Å². The summed E-state index contributed by atoms with van der Waals surface area (Å²) in [5.74, 6) is 1.18. The molecule has 3 N–H and O–H groups in total. The van der Waals surface area contributed by atoms with Crippen LogP contribution in [-0.4, -0.2) is 78.7 Å². The van der Waals surface area contributed by atoms with E-state index in [1.54, 1.807) is 31.4 Å². The summed E-state index contributed by atoms with van der Waals surface area (Å²) in [5.41, 5.74) is 0.538. The Labute approximate surface area is 160 Å². The van der Waals surface area contributed by atoms with Crippen molar-refractivity contribution in [1.29, 1.82) is 0 Å². The molecule has 0 bridgehead atoms. The van der Waals surface area contributed by atoms with Crippen LogP contribution >= 0.6 is 0 Å². The lowest BCUT2D eigenvalue weighted by molar-refractivity contribution is -0.0209. The van der Waals surface area contributed by atoms with Crippen molar-refractivity contribution in [1.82, 2.24) is 10.2 Å². The quantitative estimate of drug-likeness (QED) is 0.673. The van der Waals surface area contributed by atoms with E-state index < -0.39 is 12.2 Å². The fourth-order valence-electron chi connectivity index (χ4n) is 3.96. The van der Waals surface area contributed by atoms with Gasteiger partial charge in [0.25, 0.3) is 5.91 Å². The third-order valence-corrected chi connectivity index (χ3v) is 5.70. The summed E-state index contributed by atoms with van der Waals surface area (Å²) in [6.07, 6.45) is 0.437. The molecule has 7 heteroatoms. The lowest BCUT2D eigenvalue weighted by atomic mass is 9.94. The van der Waals surface area contributed by atoms with Crippen LogP contribution in [-0.2, 0) is 4.74 Å². The average molecular weight is 378 g/mol. The third-order valence-electron chi connectivity index (χ3n) is 5.70. The molecule has 0 aliphatic carbocycles. The number of hydrogen-bond donors (Lipinski definition) is 3. The maximum absolute atomic E-state index is 12.4. The van der Waals surface area contributed by atoms with E-state index in [9.17, 15) is 15.0 Å². The highest BCUT2D eigenvalue weighted by atomic mass is 16.5. The Kier molecular flexibility index (Phi) is 6.70. The van der Waals surface area contributed by atoms with Gasteiger partial charge in [-0.15, -0.1) is 0 Å². The van der Waals surface area contributed by atoms with Gasteiger partial charge in [0.05, 0.1) is 25.9 Å². The molecule has 1 aromatic rings. The highest BCUT2D eigenvalue weighted by molar-refractivity contribution is 5.94. The summed E-state index contributed by atoms with van der Waals surface area (Å²) >= 11 is 0. The van der Waals surface area contributed by atoms with Gasteiger partial charge in [0.15, 0.2) is 0 Å². The SMILES string of the molecule is COc1ccc(C(=O)NC[C@H]2O[C@@H](CO)[C@@H](O)[C@@H]2N2CCC(C)CC2)cc1. The molecule has 2 fully saturated rings. The van der Waals surface area contributed by atoms with Crippen molar-refractivity contribution >= 4 is 5.91 Å². The molecule has 7 nitrogen and oxygen atoms in total. The minimum atomic E-state index is -0.758.